The van der Waals surface area contributed by atoms with Gasteiger partial charge >= 0.3 is 12.1 Å². The zero-order valence-corrected chi connectivity index (χ0v) is 6.65. The van der Waals surface area contributed by atoms with E-state index in [2.05, 4.69) is 4.98 Å². The van der Waals surface area contributed by atoms with Crippen molar-refractivity contribution in [3.05, 3.63) is 23.9 Å². The molecule has 7 heteroatoms. The first-order chi connectivity index (χ1) is 6.27. The Kier molecular flexibility index (Phi) is 2.34. The number of pyridine rings is 1. The summed E-state index contributed by atoms with van der Waals surface area (Å²) >= 11 is 0. The van der Waals surface area contributed by atoms with Crippen molar-refractivity contribution in [3.63, 3.8) is 0 Å². The topological polar surface area (TPSA) is 38.9 Å². The van der Waals surface area contributed by atoms with Gasteiger partial charge in [0.25, 0.3) is 0 Å². The fraction of sp³-hybridized carbons (Fsp3) is 0.286. The Morgan fingerprint density at radius 3 is 2.14 bits per heavy atom. The van der Waals surface area contributed by atoms with Gasteiger partial charge in [-0.3, -0.25) is 0 Å². The highest BCUT2D eigenvalue weighted by atomic mass is 19.4. The molecule has 0 aromatic carbocycles. The van der Waals surface area contributed by atoms with Crippen LogP contribution in [0.2, 0.25) is 0 Å². The van der Waals surface area contributed by atoms with Crippen molar-refractivity contribution >= 4 is 5.82 Å². The minimum absolute atomic E-state index is 0.593. The first-order valence-electron chi connectivity index (χ1n) is 3.42. The van der Waals surface area contributed by atoms with Crippen LogP contribution in [0.5, 0.6) is 0 Å². The smallest absolute Gasteiger partial charge is 0.383 e. The number of hydrogen-bond acceptors (Lipinski definition) is 2. The van der Waals surface area contributed by atoms with Crippen molar-refractivity contribution in [3.8, 4) is 0 Å². The van der Waals surface area contributed by atoms with Crippen LogP contribution in [0, 0.1) is 0 Å². The maximum atomic E-state index is 12.7. The highest BCUT2D eigenvalue weighted by Crippen LogP contribution is 2.45. The minimum Gasteiger partial charge on any atom is -0.383 e. The lowest BCUT2D eigenvalue weighted by Gasteiger charge is -2.20. The Morgan fingerprint density at radius 2 is 1.71 bits per heavy atom. The van der Waals surface area contributed by atoms with E-state index in [-0.39, 0.29) is 0 Å². The third-order valence-corrected chi connectivity index (χ3v) is 1.53. The van der Waals surface area contributed by atoms with E-state index >= 15 is 0 Å². The summed E-state index contributed by atoms with van der Waals surface area (Å²) in [6.07, 6.45) is -4.63. The molecule has 0 unspecified atom stereocenters. The summed E-state index contributed by atoms with van der Waals surface area (Å²) in [6, 6.07) is 1.56. The second-order valence-corrected chi connectivity index (χ2v) is 2.51. The van der Waals surface area contributed by atoms with E-state index in [4.69, 9.17) is 5.73 Å². The van der Waals surface area contributed by atoms with Crippen molar-refractivity contribution in [2.24, 2.45) is 0 Å². The largest absolute Gasteiger partial charge is 0.458 e. The lowest BCUT2D eigenvalue weighted by molar-refractivity contribution is -0.289. The average Bonchev–Trinajstić information content (AvgIpc) is 2.02. The van der Waals surface area contributed by atoms with Gasteiger partial charge in [-0.2, -0.15) is 22.0 Å². The van der Waals surface area contributed by atoms with Crippen LogP contribution in [0.1, 0.15) is 5.56 Å². The number of nitrogens with two attached hydrogens (primary N) is 1. The van der Waals surface area contributed by atoms with Gasteiger partial charge in [0.1, 0.15) is 5.82 Å². The van der Waals surface area contributed by atoms with Crippen molar-refractivity contribution in [1.82, 2.24) is 4.98 Å². The summed E-state index contributed by atoms with van der Waals surface area (Å²) < 4.78 is 61.0. The van der Waals surface area contributed by atoms with Crippen molar-refractivity contribution < 1.29 is 22.0 Å². The number of anilines is 1. The lowest BCUT2D eigenvalue weighted by atomic mass is 10.1. The molecule has 14 heavy (non-hydrogen) atoms. The molecule has 0 aliphatic carbocycles. The Labute approximate surface area is 75.5 Å². The van der Waals surface area contributed by atoms with E-state index in [0.717, 1.165) is 12.3 Å². The first-order valence-corrected chi connectivity index (χ1v) is 3.42. The van der Waals surface area contributed by atoms with Crippen LogP contribution < -0.4 is 5.73 Å². The Hall–Kier alpha value is -1.40. The normalized spacial score (nSPS) is 12.9. The van der Waals surface area contributed by atoms with Crippen LogP contribution in [0.15, 0.2) is 18.3 Å². The fourth-order valence-electron chi connectivity index (χ4n) is 0.836. The monoisotopic (exact) mass is 212 g/mol. The van der Waals surface area contributed by atoms with Gasteiger partial charge in [-0.1, -0.05) is 0 Å². The maximum absolute atomic E-state index is 12.7. The molecule has 0 bridgehead atoms. The van der Waals surface area contributed by atoms with E-state index in [0.29, 0.717) is 6.07 Å². The van der Waals surface area contributed by atoms with E-state index in [1.807, 2.05) is 0 Å². The van der Waals surface area contributed by atoms with Crippen LogP contribution in [-0.2, 0) is 5.92 Å². The highest BCUT2D eigenvalue weighted by molar-refractivity contribution is 5.42. The quantitative estimate of drug-likeness (QED) is 0.725. The second-order valence-electron chi connectivity index (χ2n) is 2.51. The van der Waals surface area contributed by atoms with E-state index in [1.165, 1.54) is 0 Å². The van der Waals surface area contributed by atoms with Gasteiger partial charge < -0.3 is 5.73 Å². The third kappa shape index (κ3) is 1.61. The summed E-state index contributed by atoms with van der Waals surface area (Å²) in [5, 5.41) is 0. The van der Waals surface area contributed by atoms with Crippen molar-refractivity contribution in [2.75, 3.05) is 5.73 Å². The average molecular weight is 212 g/mol. The van der Waals surface area contributed by atoms with Crippen LogP contribution in [0.3, 0.4) is 0 Å². The van der Waals surface area contributed by atoms with Crippen molar-refractivity contribution in [1.29, 1.82) is 0 Å². The summed E-state index contributed by atoms with van der Waals surface area (Å²) in [6.45, 7) is 0. The molecule has 0 fully saturated rings. The van der Waals surface area contributed by atoms with Crippen molar-refractivity contribution in [2.45, 2.75) is 12.1 Å². The van der Waals surface area contributed by atoms with Crippen LogP contribution in [0.25, 0.3) is 0 Å². The van der Waals surface area contributed by atoms with Crippen LogP contribution >= 0.6 is 0 Å². The molecule has 1 heterocycles. The summed E-state index contributed by atoms with van der Waals surface area (Å²) in [5.74, 6) is -5.79. The summed E-state index contributed by atoms with van der Waals surface area (Å²) in [7, 11) is 0. The molecule has 0 amide bonds. The highest BCUT2D eigenvalue weighted by Gasteiger charge is 2.59. The molecule has 0 aliphatic heterocycles. The number of halogens is 5. The summed E-state index contributed by atoms with van der Waals surface area (Å²) in [5.41, 5.74) is 3.59. The molecular weight excluding hydrogens is 207 g/mol. The SMILES string of the molecule is Nc1ncccc1C(F)(F)C(F)(F)F. The van der Waals surface area contributed by atoms with Gasteiger partial charge in [0.05, 0.1) is 5.56 Å². The molecule has 78 valence electrons. The molecular formula is C7H5F5N2. The second kappa shape index (κ2) is 3.07. The first kappa shape index (κ1) is 10.7. The van der Waals surface area contributed by atoms with Gasteiger partial charge in [-0.05, 0) is 12.1 Å². The Balaban J connectivity index is 3.23. The molecule has 1 rings (SSSR count). The molecule has 1 aromatic heterocycles. The number of rotatable bonds is 1. The Morgan fingerprint density at radius 1 is 1.14 bits per heavy atom. The van der Waals surface area contributed by atoms with Gasteiger partial charge in [-0.25, -0.2) is 4.98 Å². The number of alkyl halides is 5. The number of nitrogen functional groups attached to an aromatic ring is 1. The summed E-state index contributed by atoms with van der Waals surface area (Å²) in [4.78, 5) is 3.16. The lowest BCUT2D eigenvalue weighted by Crippen LogP contribution is -2.34. The molecule has 0 spiro atoms. The molecule has 1 aromatic rings. The number of aromatic nitrogens is 1. The van der Waals surface area contributed by atoms with Gasteiger partial charge in [0.15, 0.2) is 0 Å². The fourth-order valence-corrected chi connectivity index (χ4v) is 0.836. The number of hydrogen-bond donors (Lipinski definition) is 1. The Bertz CT molecular complexity index is 333. The van der Waals surface area contributed by atoms with Crippen LogP contribution in [-0.4, -0.2) is 11.2 Å². The van der Waals surface area contributed by atoms with Gasteiger partial charge in [0, 0.05) is 6.20 Å². The van der Waals surface area contributed by atoms with E-state index in [9.17, 15) is 22.0 Å². The molecule has 2 nitrogen and oxygen atoms in total. The molecule has 0 saturated heterocycles. The number of nitrogens with zero attached hydrogens (tertiary/aromatic N) is 1. The molecule has 0 saturated carbocycles. The molecule has 0 radical (unpaired) electrons. The third-order valence-electron chi connectivity index (χ3n) is 1.53. The van der Waals surface area contributed by atoms with Gasteiger partial charge in [0.2, 0.25) is 0 Å². The standard InChI is InChI=1S/C7H5F5N2/c8-6(9,7(10,11)12)4-2-1-3-14-5(4)13/h1-3H,(H2,13,14). The molecule has 0 atom stereocenters. The van der Waals surface area contributed by atoms with Crippen LogP contribution in [0.4, 0.5) is 27.8 Å². The van der Waals surface area contributed by atoms with E-state index < -0.39 is 23.5 Å². The van der Waals surface area contributed by atoms with Gasteiger partial charge in [-0.15, -0.1) is 0 Å². The predicted molar refractivity (Wildman–Crippen MR) is 38.6 cm³/mol. The maximum Gasteiger partial charge on any atom is 0.458 e. The predicted octanol–water partition coefficient (Wildman–Crippen LogP) is 2.32. The van der Waals surface area contributed by atoms with E-state index in [1.54, 1.807) is 0 Å². The zero-order chi connectivity index (χ0) is 11.0. The molecule has 2 N–H and O–H groups in total. The minimum atomic E-state index is -5.66. The zero-order valence-electron chi connectivity index (χ0n) is 6.65. The molecule has 0 aliphatic rings.